The standard InChI is InChI=1S/C17H15BrN2O4/c18-14-7-5-12(6-8-14)9-16(21)20-19-10-13-3-1-2-4-15(13)24-11-17(22)23/h1-8,10H,9,11H2,(H,20,21)(H,22,23). The van der Waals surface area contributed by atoms with Crippen molar-refractivity contribution in [1.29, 1.82) is 0 Å². The highest BCUT2D eigenvalue weighted by atomic mass is 79.9. The zero-order valence-corrected chi connectivity index (χ0v) is 14.2. The minimum Gasteiger partial charge on any atom is -0.481 e. The number of carboxylic acid groups (broad SMARTS) is 1. The highest BCUT2D eigenvalue weighted by molar-refractivity contribution is 9.10. The number of hydrogen-bond donors (Lipinski definition) is 2. The molecule has 0 fully saturated rings. The molecule has 0 aromatic heterocycles. The van der Waals surface area contributed by atoms with E-state index in [1.165, 1.54) is 6.21 Å². The fourth-order valence-electron chi connectivity index (χ4n) is 1.86. The molecule has 1 amide bonds. The van der Waals surface area contributed by atoms with Gasteiger partial charge in [0.05, 0.1) is 12.6 Å². The average molecular weight is 391 g/mol. The van der Waals surface area contributed by atoms with Gasteiger partial charge in [-0.25, -0.2) is 10.2 Å². The van der Waals surface area contributed by atoms with Gasteiger partial charge in [0.1, 0.15) is 5.75 Å². The maximum Gasteiger partial charge on any atom is 0.341 e. The molecule has 2 aromatic carbocycles. The predicted octanol–water partition coefficient (Wildman–Crippen LogP) is 2.61. The monoisotopic (exact) mass is 390 g/mol. The van der Waals surface area contributed by atoms with E-state index in [0.29, 0.717) is 11.3 Å². The van der Waals surface area contributed by atoms with E-state index >= 15 is 0 Å². The fourth-order valence-corrected chi connectivity index (χ4v) is 2.12. The molecule has 2 rings (SSSR count). The van der Waals surface area contributed by atoms with Crippen LogP contribution < -0.4 is 10.2 Å². The quantitative estimate of drug-likeness (QED) is 0.561. The van der Waals surface area contributed by atoms with E-state index in [-0.39, 0.29) is 12.3 Å². The fraction of sp³-hybridized carbons (Fsp3) is 0.118. The summed E-state index contributed by atoms with van der Waals surface area (Å²) < 4.78 is 6.10. The second kappa shape index (κ2) is 8.83. The molecule has 24 heavy (non-hydrogen) atoms. The molecule has 2 N–H and O–H groups in total. The van der Waals surface area contributed by atoms with E-state index in [4.69, 9.17) is 9.84 Å². The highest BCUT2D eigenvalue weighted by Gasteiger charge is 2.05. The summed E-state index contributed by atoms with van der Waals surface area (Å²) in [5.74, 6) is -0.937. The molecule has 2 aromatic rings. The SMILES string of the molecule is O=C(O)COc1ccccc1C=NNC(=O)Cc1ccc(Br)cc1. The molecule has 0 unspecified atom stereocenters. The second-order valence-electron chi connectivity index (χ2n) is 4.82. The van der Waals surface area contributed by atoms with Crippen LogP contribution in [0, 0.1) is 0 Å². The molecule has 0 bridgehead atoms. The topological polar surface area (TPSA) is 88.0 Å². The molecule has 6 nitrogen and oxygen atoms in total. The third kappa shape index (κ3) is 5.85. The van der Waals surface area contributed by atoms with Crippen LogP contribution in [0.15, 0.2) is 58.1 Å². The summed E-state index contributed by atoms with van der Waals surface area (Å²) in [6.07, 6.45) is 1.62. The van der Waals surface area contributed by atoms with E-state index in [0.717, 1.165) is 10.0 Å². The summed E-state index contributed by atoms with van der Waals surface area (Å²) in [7, 11) is 0. The molecule has 0 aliphatic carbocycles. The normalized spacial score (nSPS) is 10.5. The van der Waals surface area contributed by atoms with Crippen LogP contribution in [-0.4, -0.2) is 29.8 Å². The molecule has 0 radical (unpaired) electrons. The predicted molar refractivity (Wildman–Crippen MR) is 93.2 cm³/mol. The van der Waals surface area contributed by atoms with Crippen LogP contribution in [0.5, 0.6) is 5.75 Å². The molecule has 0 saturated heterocycles. The first kappa shape index (κ1) is 17.7. The van der Waals surface area contributed by atoms with E-state index in [1.54, 1.807) is 24.3 Å². The minimum absolute atomic E-state index is 0.210. The van der Waals surface area contributed by atoms with Crippen molar-refractivity contribution in [3.8, 4) is 5.75 Å². The molecule has 0 spiro atoms. The molecule has 7 heteroatoms. The van der Waals surface area contributed by atoms with Crippen LogP contribution in [0.4, 0.5) is 0 Å². The molecular formula is C17H15BrN2O4. The zero-order chi connectivity index (χ0) is 17.4. The van der Waals surface area contributed by atoms with Gasteiger partial charge in [-0.2, -0.15) is 5.10 Å². The number of hydrogen-bond acceptors (Lipinski definition) is 4. The number of ether oxygens (including phenoxy) is 1. The molecular weight excluding hydrogens is 376 g/mol. The van der Waals surface area contributed by atoms with E-state index in [9.17, 15) is 9.59 Å². The number of carbonyl (C=O) groups excluding carboxylic acids is 1. The summed E-state index contributed by atoms with van der Waals surface area (Å²) in [5.41, 5.74) is 3.88. The third-order valence-corrected chi connectivity index (χ3v) is 3.47. The van der Waals surface area contributed by atoms with Crippen LogP contribution in [0.3, 0.4) is 0 Å². The number of nitrogens with zero attached hydrogens (tertiary/aromatic N) is 1. The van der Waals surface area contributed by atoms with Crippen LogP contribution in [0.2, 0.25) is 0 Å². The summed E-state index contributed by atoms with van der Waals surface area (Å²) >= 11 is 3.34. The van der Waals surface area contributed by atoms with Crippen molar-refractivity contribution in [2.45, 2.75) is 6.42 Å². The van der Waals surface area contributed by atoms with Crippen molar-refractivity contribution >= 4 is 34.0 Å². The lowest BCUT2D eigenvalue weighted by Gasteiger charge is -2.06. The van der Waals surface area contributed by atoms with Gasteiger partial charge in [0.25, 0.3) is 0 Å². The van der Waals surface area contributed by atoms with Crippen molar-refractivity contribution < 1.29 is 19.4 Å². The number of carboxylic acids is 1. The Bertz CT molecular complexity index is 745. The maximum absolute atomic E-state index is 11.8. The Kier molecular flexibility index (Phi) is 6.51. The lowest BCUT2D eigenvalue weighted by molar-refractivity contribution is -0.139. The summed E-state index contributed by atoms with van der Waals surface area (Å²) in [4.78, 5) is 22.4. The zero-order valence-electron chi connectivity index (χ0n) is 12.6. The van der Waals surface area contributed by atoms with Gasteiger partial charge in [0.15, 0.2) is 6.61 Å². The van der Waals surface area contributed by atoms with Gasteiger partial charge in [0.2, 0.25) is 5.91 Å². The molecule has 0 atom stereocenters. The number of rotatable bonds is 7. The number of benzene rings is 2. The number of hydrazone groups is 1. The number of para-hydroxylation sites is 1. The average Bonchev–Trinajstić information content (AvgIpc) is 2.56. The Morgan fingerprint density at radius 2 is 1.88 bits per heavy atom. The summed E-state index contributed by atoms with van der Waals surface area (Å²) in [5, 5.41) is 12.5. The van der Waals surface area contributed by atoms with E-state index in [1.807, 2.05) is 24.3 Å². The molecule has 124 valence electrons. The van der Waals surface area contributed by atoms with Crippen molar-refractivity contribution in [2.75, 3.05) is 6.61 Å². The third-order valence-electron chi connectivity index (χ3n) is 2.94. The Hall–Kier alpha value is -2.67. The van der Waals surface area contributed by atoms with Gasteiger partial charge >= 0.3 is 5.97 Å². The number of nitrogens with one attached hydrogen (secondary N) is 1. The van der Waals surface area contributed by atoms with Crippen molar-refractivity contribution in [3.63, 3.8) is 0 Å². The van der Waals surface area contributed by atoms with Crippen molar-refractivity contribution in [3.05, 3.63) is 64.1 Å². The van der Waals surface area contributed by atoms with Crippen LogP contribution in [0.1, 0.15) is 11.1 Å². The minimum atomic E-state index is -1.07. The largest absolute Gasteiger partial charge is 0.481 e. The molecule has 0 saturated carbocycles. The van der Waals surface area contributed by atoms with Crippen LogP contribution >= 0.6 is 15.9 Å². The van der Waals surface area contributed by atoms with E-state index < -0.39 is 12.6 Å². The van der Waals surface area contributed by atoms with E-state index in [2.05, 4.69) is 26.5 Å². The Labute approximate surface area is 147 Å². The molecule has 0 aliphatic heterocycles. The highest BCUT2D eigenvalue weighted by Crippen LogP contribution is 2.15. The smallest absolute Gasteiger partial charge is 0.341 e. The Balaban J connectivity index is 1.92. The molecule has 0 heterocycles. The van der Waals surface area contributed by atoms with Gasteiger partial charge in [-0.15, -0.1) is 0 Å². The van der Waals surface area contributed by atoms with Crippen LogP contribution in [-0.2, 0) is 16.0 Å². The number of aliphatic carboxylic acids is 1. The van der Waals surface area contributed by atoms with Gasteiger partial charge < -0.3 is 9.84 Å². The number of carbonyl (C=O) groups is 2. The van der Waals surface area contributed by atoms with Gasteiger partial charge in [0, 0.05) is 10.0 Å². The van der Waals surface area contributed by atoms with Crippen molar-refractivity contribution in [2.24, 2.45) is 5.10 Å². The van der Waals surface area contributed by atoms with Gasteiger partial charge in [-0.3, -0.25) is 4.79 Å². The van der Waals surface area contributed by atoms with Gasteiger partial charge in [-0.05, 0) is 29.8 Å². The maximum atomic E-state index is 11.8. The summed E-state index contributed by atoms with van der Waals surface area (Å²) in [6, 6.07) is 14.3. The van der Waals surface area contributed by atoms with Crippen molar-refractivity contribution in [1.82, 2.24) is 5.43 Å². The second-order valence-corrected chi connectivity index (χ2v) is 5.73. The Morgan fingerprint density at radius 1 is 1.17 bits per heavy atom. The van der Waals surface area contributed by atoms with Gasteiger partial charge in [-0.1, -0.05) is 40.2 Å². The molecule has 0 aliphatic rings. The number of halogens is 1. The summed E-state index contributed by atoms with van der Waals surface area (Å²) in [6.45, 7) is -0.444. The Morgan fingerprint density at radius 3 is 2.58 bits per heavy atom. The first-order valence-electron chi connectivity index (χ1n) is 7.04. The first-order valence-corrected chi connectivity index (χ1v) is 7.84. The first-order chi connectivity index (χ1) is 11.5. The lowest BCUT2D eigenvalue weighted by Crippen LogP contribution is -2.19. The lowest BCUT2D eigenvalue weighted by atomic mass is 10.1. The number of amides is 1. The van der Waals surface area contributed by atoms with Crippen LogP contribution in [0.25, 0.3) is 0 Å².